The first-order chi connectivity index (χ1) is 9.58. The van der Waals surface area contributed by atoms with Crippen LogP contribution in [0.5, 0.6) is 0 Å². The van der Waals surface area contributed by atoms with Crippen LogP contribution in [-0.4, -0.2) is 9.55 Å². The average Bonchev–Trinajstić information content (AvgIpc) is 3.04. The first-order valence-electron chi connectivity index (χ1n) is 6.74. The largest absolute Gasteiger partial charge is 0.319 e. The van der Waals surface area contributed by atoms with Crippen LogP contribution in [0, 0.1) is 6.92 Å². The maximum Gasteiger partial charge on any atom is 0.128 e. The molecular formula is C16H17ClN2S. The zero-order valence-corrected chi connectivity index (χ0v) is 13.4. The molecule has 0 N–H and O–H groups in total. The predicted octanol–water partition coefficient (Wildman–Crippen LogP) is 5.32. The number of aryl methyl sites for hydroxylation is 1. The second-order valence-electron chi connectivity index (χ2n) is 5.14. The standard InChI is InChI=1S/C16H17ClN2S/c1-10-6-7-14-13(9-10)18-16(11(2)17)19(14)12(3)15-5-4-8-20-15/h4-9,11-12H,1-3H3. The highest BCUT2D eigenvalue weighted by atomic mass is 35.5. The molecule has 20 heavy (non-hydrogen) atoms. The summed E-state index contributed by atoms with van der Waals surface area (Å²) in [6, 6.07) is 10.9. The summed E-state index contributed by atoms with van der Waals surface area (Å²) in [6.07, 6.45) is 0. The van der Waals surface area contributed by atoms with Crippen LogP contribution < -0.4 is 0 Å². The number of benzene rings is 1. The van der Waals surface area contributed by atoms with Crippen LogP contribution in [0.2, 0.25) is 0 Å². The number of thiophene rings is 1. The molecule has 0 bridgehead atoms. The van der Waals surface area contributed by atoms with E-state index < -0.39 is 0 Å². The molecule has 104 valence electrons. The van der Waals surface area contributed by atoms with Crippen molar-refractivity contribution in [2.24, 2.45) is 0 Å². The minimum Gasteiger partial charge on any atom is -0.319 e. The Kier molecular flexibility index (Phi) is 3.57. The van der Waals surface area contributed by atoms with E-state index in [9.17, 15) is 0 Å². The van der Waals surface area contributed by atoms with Crippen LogP contribution >= 0.6 is 22.9 Å². The van der Waals surface area contributed by atoms with Crippen molar-refractivity contribution in [1.29, 1.82) is 0 Å². The molecule has 2 unspecified atom stereocenters. The van der Waals surface area contributed by atoms with Gasteiger partial charge < -0.3 is 4.57 Å². The van der Waals surface area contributed by atoms with Gasteiger partial charge in [0.15, 0.2) is 0 Å². The minimum atomic E-state index is -0.106. The highest BCUT2D eigenvalue weighted by Crippen LogP contribution is 2.32. The third-order valence-electron chi connectivity index (χ3n) is 3.57. The summed E-state index contributed by atoms with van der Waals surface area (Å²) in [5.41, 5.74) is 3.40. The molecule has 0 aliphatic heterocycles. The van der Waals surface area contributed by atoms with Gasteiger partial charge in [-0.25, -0.2) is 4.98 Å². The van der Waals surface area contributed by atoms with Crippen LogP contribution in [0.15, 0.2) is 35.7 Å². The molecule has 4 heteroatoms. The minimum absolute atomic E-state index is 0.106. The lowest BCUT2D eigenvalue weighted by Gasteiger charge is -2.17. The third-order valence-corrected chi connectivity index (χ3v) is 4.81. The molecule has 2 heterocycles. The van der Waals surface area contributed by atoms with E-state index in [1.54, 1.807) is 11.3 Å². The van der Waals surface area contributed by atoms with Crippen molar-refractivity contribution in [3.8, 4) is 0 Å². The van der Waals surface area contributed by atoms with E-state index >= 15 is 0 Å². The Morgan fingerprint density at radius 1 is 1.25 bits per heavy atom. The molecule has 0 fully saturated rings. The highest BCUT2D eigenvalue weighted by molar-refractivity contribution is 7.10. The van der Waals surface area contributed by atoms with Crippen molar-refractivity contribution in [3.05, 3.63) is 52.0 Å². The molecule has 0 aliphatic rings. The molecular weight excluding hydrogens is 288 g/mol. The summed E-state index contributed by atoms with van der Waals surface area (Å²) >= 11 is 8.11. The van der Waals surface area contributed by atoms with Gasteiger partial charge in [0.2, 0.25) is 0 Å². The van der Waals surface area contributed by atoms with E-state index in [0.717, 1.165) is 16.9 Å². The fourth-order valence-corrected chi connectivity index (χ4v) is 3.50. The van der Waals surface area contributed by atoms with Gasteiger partial charge in [-0.3, -0.25) is 0 Å². The summed E-state index contributed by atoms with van der Waals surface area (Å²) < 4.78 is 2.26. The number of halogens is 1. The third kappa shape index (κ3) is 2.25. The first-order valence-corrected chi connectivity index (χ1v) is 8.05. The summed E-state index contributed by atoms with van der Waals surface area (Å²) in [5.74, 6) is 0.938. The maximum atomic E-state index is 6.35. The van der Waals surface area contributed by atoms with Gasteiger partial charge in [0.25, 0.3) is 0 Å². The lowest BCUT2D eigenvalue weighted by Crippen LogP contribution is -2.10. The molecule has 0 saturated carbocycles. The maximum absolute atomic E-state index is 6.35. The SMILES string of the molecule is Cc1ccc2c(c1)nc(C(C)Cl)n2C(C)c1cccs1. The molecule has 3 aromatic rings. The Hall–Kier alpha value is -1.32. The topological polar surface area (TPSA) is 17.8 Å². The second-order valence-corrected chi connectivity index (χ2v) is 6.77. The monoisotopic (exact) mass is 304 g/mol. The number of aromatic nitrogens is 2. The Balaban J connectivity index is 2.24. The van der Waals surface area contributed by atoms with Crippen molar-refractivity contribution in [2.45, 2.75) is 32.2 Å². The van der Waals surface area contributed by atoms with Gasteiger partial charge in [-0.05, 0) is 49.9 Å². The molecule has 2 nitrogen and oxygen atoms in total. The fourth-order valence-electron chi connectivity index (χ4n) is 2.57. The van der Waals surface area contributed by atoms with Crippen LogP contribution in [0.25, 0.3) is 11.0 Å². The Morgan fingerprint density at radius 3 is 2.70 bits per heavy atom. The van der Waals surface area contributed by atoms with E-state index in [-0.39, 0.29) is 11.4 Å². The number of imidazole rings is 1. The number of alkyl halides is 1. The molecule has 3 rings (SSSR count). The predicted molar refractivity (Wildman–Crippen MR) is 86.9 cm³/mol. The van der Waals surface area contributed by atoms with Crippen LogP contribution in [0.4, 0.5) is 0 Å². The molecule has 0 amide bonds. The van der Waals surface area contributed by atoms with Gasteiger partial charge in [0, 0.05) is 4.88 Å². The zero-order chi connectivity index (χ0) is 14.3. The number of rotatable bonds is 3. The van der Waals surface area contributed by atoms with Crippen molar-refractivity contribution in [1.82, 2.24) is 9.55 Å². The van der Waals surface area contributed by atoms with Crippen molar-refractivity contribution in [2.75, 3.05) is 0 Å². The van der Waals surface area contributed by atoms with E-state index in [4.69, 9.17) is 16.6 Å². The Labute approximate surface area is 128 Å². The van der Waals surface area contributed by atoms with Gasteiger partial charge in [0.05, 0.1) is 22.5 Å². The lowest BCUT2D eigenvalue weighted by atomic mass is 10.2. The zero-order valence-electron chi connectivity index (χ0n) is 11.8. The summed E-state index contributed by atoms with van der Waals surface area (Å²) in [5, 5.41) is 2.00. The van der Waals surface area contributed by atoms with Crippen molar-refractivity contribution in [3.63, 3.8) is 0 Å². The second kappa shape index (κ2) is 5.23. The van der Waals surface area contributed by atoms with E-state index in [1.165, 1.54) is 10.4 Å². The van der Waals surface area contributed by atoms with Crippen LogP contribution in [0.3, 0.4) is 0 Å². The number of fused-ring (bicyclic) bond motifs is 1. The first kappa shape index (κ1) is 13.7. The van der Waals surface area contributed by atoms with Gasteiger partial charge in [0.1, 0.15) is 5.82 Å². The molecule has 0 radical (unpaired) electrons. The summed E-state index contributed by atoms with van der Waals surface area (Å²) in [7, 11) is 0. The van der Waals surface area contributed by atoms with Crippen molar-refractivity contribution < 1.29 is 0 Å². The van der Waals surface area contributed by atoms with E-state index in [0.29, 0.717) is 0 Å². The quantitative estimate of drug-likeness (QED) is 0.599. The van der Waals surface area contributed by atoms with E-state index in [1.807, 2.05) is 6.92 Å². The highest BCUT2D eigenvalue weighted by Gasteiger charge is 2.20. The van der Waals surface area contributed by atoms with Gasteiger partial charge in [-0.15, -0.1) is 22.9 Å². The smallest absolute Gasteiger partial charge is 0.128 e. The molecule has 2 aromatic heterocycles. The number of hydrogen-bond donors (Lipinski definition) is 0. The fraction of sp³-hybridized carbons (Fsp3) is 0.312. The van der Waals surface area contributed by atoms with Gasteiger partial charge in [-0.2, -0.15) is 0 Å². The van der Waals surface area contributed by atoms with Gasteiger partial charge in [-0.1, -0.05) is 12.1 Å². The summed E-state index contributed by atoms with van der Waals surface area (Å²) in [4.78, 5) is 6.06. The lowest BCUT2D eigenvalue weighted by molar-refractivity contribution is 0.628. The van der Waals surface area contributed by atoms with Crippen LogP contribution in [-0.2, 0) is 0 Å². The van der Waals surface area contributed by atoms with Crippen molar-refractivity contribution >= 4 is 34.0 Å². The Morgan fingerprint density at radius 2 is 2.05 bits per heavy atom. The molecule has 0 spiro atoms. The Bertz CT molecular complexity index is 728. The molecule has 1 aromatic carbocycles. The summed E-state index contributed by atoms with van der Waals surface area (Å²) in [6.45, 7) is 6.27. The number of hydrogen-bond acceptors (Lipinski definition) is 2. The number of nitrogens with zero attached hydrogens (tertiary/aromatic N) is 2. The van der Waals surface area contributed by atoms with Gasteiger partial charge >= 0.3 is 0 Å². The normalized spacial score (nSPS) is 14.6. The molecule has 2 atom stereocenters. The average molecular weight is 305 g/mol. The molecule has 0 aliphatic carbocycles. The van der Waals surface area contributed by atoms with E-state index in [2.05, 4.69) is 54.1 Å². The van der Waals surface area contributed by atoms with Crippen LogP contribution in [0.1, 0.15) is 41.5 Å². The molecule has 0 saturated heterocycles.